The van der Waals surface area contributed by atoms with Crippen LogP contribution in [-0.2, 0) is 6.42 Å². The lowest BCUT2D eigenvalue weighted by Gasteiger charge is -1.96. The zero-order chi connectivity index (χ0) is 13.0. The number of unbranched alkanes of at least 4 members (excludes halogenated alkanes) is 1. The van der Waals surface area contributed by atoms with E-state index in [0.717, 1.165) is 36.1 Å². The number of furan rings is 1. The number of nitro benzene ring substituents is 1. The number of nitro groups is 1. The van der Waals surface area contributed by atoms with Gasteiger partial charge in [-0.05, 0) is 30.2 Å². The largest absolute Gasteiger partial charge is 0.469 e. The Hall–Kier alpha value is -2.10. The van der Waals surface area contributed by atoms with Crippen molar-refractivity contribution < 1.29 is 9.34 Å². The predicted molar refractivity (Wildman–Crippen MR) is 69.4 cm³/mol. The highest BCUT2D eigenvalue weighted by Crippen LogP contribution is 2.25. The van der Waals surface area contributed by atoms with Gasteiger partial charge in [-0.3, -0.25) is 10.1 Å². The Balaban J connectivity index is 2.15. The summed E-state index contributed by atoms with van der Waals surface area (Å²) in [6, 6.07) is 8.50. The summed E-state index contributed by atoms with van der Waals surface area (Å²) in [5.41, 5.74) is 2.01. The van der Waals surface area contributed by atoms with Crippen molar-refractivity contribution >= 4 is 5.69 Å². The molecule has 4 heteroatoms. The number of non-ortho nitro benzene ring substituents is 1. The quantitative estimate of drug-likeness (QED) is 0.586. The van der Waals surface area contributed by atoms with Gasteiger partial charge in [0.2, 0.25) is 0 Å². The second-order valence-electron chi connectivity index (χ2n) is 4.21. The molecule has 0 N–H and O–H groups in total. The molecule has 0 radical (unpaired) electrons. The summed E-state index contributed by atoms with van der Waals surface area (Å²) < 4.78 is 5.46. The molecule has 18 heavy (non-hydrogen) atoms. The molecular formula is C14H15NO3. The Bertz CT molecular complexity index is 528. The Morgan fingerprint density at radius 2 is 1.94 bits per heavy atom. The molecule has 0 aliphatic heterocycles. The van der Waals surface area contributed by atoms with Gasteiger partial charge in [0, 0.05) is 24.1 Å². The maximum Gasteiger partial charge on any atom is 0.269 e. The molecule has 0 aliphatic carbocycles. The summed E-state index contributed by atoms with van der Waals surface area (Å²) in [4.78, 5) is 10.2. The minimum Gasteiger partial charge on any atom is -0.469 e. The third kappa shape index (κ3) is 2.77. The minimum absolute atomic E-state index is 0.105. The molecule has 94 valence electrons. The van der Waals surface area contributed by atoms with Gasteiger partial charge in [0.05, 0.1) is 11.2 Å². The minimum atomic E-state index is -0.397. The first-order valence-electron chi connectivity index (χ1n) is 6.03. The Kier molecular flexibility index (Phi) is 3.77. The van der Waals surface area contributed by atoms with Crippen molar-refractivity contribution in [2.75, 3.05) is 0 Å². The van der Waals surface area contributed by atoms with Crippen molar-refractivity contribution in [3.63, 3.8) is 0 Å². The molecule has 0 amide bonds. The smallest absolute Gasteiger partial charge is 0.269 e. The molecule has 0 saturated carbocycles. The number of nitrogens with zero attached hydrogens (tertiary/aromatic N) is 1. The van der Waals surface area contributed by atoms with Crippen LogP contribution >= 0.6 is 0 Å². The average Bonchev–Trinajstić information content (AvgIpc) is 2.85. The van der Waals surface area contributed by atoms with E-state index in [9.17, 15) is 10.1 Å². The Labute approximate surface area is 105 Å². The van der Waals surface area contributed by atoms with Crippen molar-refractivity contribution in [1.82, 2.24) is 0 Å². The lowest BCUT2D eigenvalue weighted by molar-refractivity contribution is -0.384. The summed E-state index contributed by atoms with van der Waals surface area (Å²) in [6.07, 6.45) is 4.87. The van der Waals surface area contributed by atoms with E-state index in [0.29, 0.717) is 0 Å². The summed E-state index contributed by atoms with van der Waals surface area (Å²) in [6.45, 7) is 2.14. The van der Waals surface area contributed by atoms with Gasteiger partial charge in [0.25, 0.3) is 5.69 Å². The molecule has 1 heterocycles. The van der Waals surface area contributed by atoms with Gasteiger partial charge >= 0.3 is 0 Å². The van der Waals surface area contributed by atoms with Crippen LogP contribution in [0, 0.1) is 10.1 Å². The molecule has 1 aromatic carbocycles. The molecule has 1 aromatic heterocycles. The van der Waals surface area contributed by atoms with E-state index in [1.807, 2.05) is 6.07 Å². The third-order valence-electron chi connectivity index (χ3n) is 2.84. The first-order valence-corrected chi connectivity index (χ1v) is 6.03. The molecule has 0 spiro atoms. The SMILES string of the molecule is CCCCc1cc(-c2ccc([N+](=O)[O-])cc2)co1. The zero-order valence-corrected chi connectivity index (χ0v) is 10.3. The fourth-order valence-corrected chi connectivity index (χ4v) is 1.79. The predicted octanol–water partition coefficient (Wildman–Crippen LogP) is 4.20. The molecule has 0 atom stereocenters. The average molecular weight is 245 g/mol. The van der Waals surface area contributed by atoms with E-state index in [4.69, 9.17) is 4.42 Å². The first kappa shape index (κ1) is 12.4. The number of aryl methyl sites for hydroxylation is 1. The van der Waals surface area contributed by atoms with Crippen molar-refractivity contribution in [1.29, 1.82) is 0 Å². The van der Waals surface area contributed by atoms with Gasteiger partial charge in [-0.15, -0.1) is 0 Å². The Morgan fingerprint density at radius 3 is 2.56 bits per heavy atom. The van der Waals surface area contributed by atoms with Gasteiger partial charge in [-0.25, -0.2) is 0 Å². The van der Waals surface area contributed by atoms with Gasteiger partial charge < -0.3 is 4.42 Å². The number of benzene rings is 1. The molecule has 4 nitrogen and oxygen atoms in total. The van der Waals surface area contributed by atoms with Crippen LogP contribution in [0.2, 0.25) is 0 Å². The molecule has 2 aromatic rings. The van der Waals surface area contributed by atoms with Crippen LogP contribution < -0.4 is 0 Å². The topological polar surface area (TPSA) is 56.3 Å². The van der Waals surface area contributed by atoms with Crippen LogP contribution in [0.4, 0.5) is 5.69 Å². The molecule has 0 saturated heterocycles. The first-order chi connectivity index (χ1) is 8.70. The van der Waals surface area contributed by atoms with Crippen LogP contribution in [0.5, 0.6) is 0 Å². The van der Waals surface area contributed by atoms with E-state index in [-0.39, 0.29) is 5.69 Å². The van der Waals surface area contributed by atoms with E-state index < -0.39 is 4.92 Å². The lowest BCUT2D eigenvalue weighted by Crippen LogP contribution is -1.86. The monoisotopic (exact) mass is 245 g/mol. The van der Waals surface area contributed by atoms with Crippen LogP contribution in [0.3, 0.4) is 0 Å². The van der Waals surface area contributed by atoms with Gasteiger partial charge in [-0.1, -0.05) is 13.3 Å². The fraction of sp³-hybridized carbons (Fsp3) is 0.286. The standard InChI is InChI=1S/C14H15NO3/c1-2-3-4-14-9-12(10-18-14)11-5-7-13(8-6-11)15(16)17/h5-10H,2-4H2,1H3. The highest BCUT2D eigenvalue weighted by molar-refractivity contribution is 5.64. The summed E-state index contributed by atoms with van der Waals surface area (Å²) >= 11 is 0. The molecule has 0 aliphatic rings. The normalized spacial score (nSPS) is 10.5. The Morgan fingerprint density at radius 1 is 1.22 bits per heavy atom. The number of rotatable bonds is 5. The molecular weight excluding hydrogens is 230 g/mol. The summed E-state index contributed by atoms with van der Waals surface area (Å²) in [5.74, 6) is 0.963. The summed E-state index contributed by atoms with van der Waals surface area (Å²) in [5, 5.41) is 10.6. The molecule has 0 unspecified atom stereocenters. The maximum absolute atomic E-state index is 10.6. The molecule has 2 rings (SSSR count). The fourth-order valence-electron chi connectivity index (χ4n) is 1.79. The molecule has 0 fully saturated rings. The van der Waals surface area contributed by atoms with Gasteiger partial charge in [-0.2, -0.15) is 0 Å². The highest BCUT2D eigenvalue weighted by Gasteiger charge is 2.07. The second-order valence-corrected chi connectivity index (χ2v) is 4.21. The number of hydrogen-bond acceptors (Lipinski definition) is 3. The van der Waals surface area contributed by atoms with E-state index in [1.165, 1.54) is 12.1 Å². The van der Waals surface area contributed by atoms with Crippen LogP contribution in [0.1, 0.15) is 25.5 Å². The second kappa shape index (κ2) is 5.49. The van der Waals surface area contributed by atoms with Crippen molar-refractivity contribution in [3.8, 4) is 11.1 Å². The van der Waals surface area contributed by atoms with E-state index in [2.05, 4.69) is 6.92 Å². The van der Waals surface area contributed by atoms with Crippen LogP contribution in [-0.4, -0.2) is 4.92 Å². The maximum atomic E-state index is 10.6. The van der Waals surface area contributed by atoms with Crippen molar-refractivity contribution in [2.45, 2.75) is 26.2 Å². The van der Waals surface area contributed by atoms with E-state index >= 15 is 0 Å². The van der Waals surface area contributed by atoms with Crippen LogP contribution in [0.25, 0.3) is 11.1 Å². The van der Waals surface area contributed by atoms with Gasteiger partial charge in [0.1, 0.15) is 5.76 Å². The third-order valence-corrected chi connectivity index (χ3v) is 2.84. The van der Waals surface area contributed by atoms with E-state index in [1.54, 1.807) is 18.4 Å². The lowest BCUT2D eigenvalue weighted by atomic mass is 10.1. The summed E-state index contributed by atoms with van der Waals surface area (Å²) in [7, 11) is 0. The highest BCUT2D eigenvalue weighted by atomic mass is 16.6. The van der Waals surface area contributed by atoms with Gasteiger partial charge in [0.15, 0.2) is 0 Å². The van der Waals surface area contributed by atoms with Crippen LogP contribution in [0.15, 0.2) is 41.0 Å². The zero-order valence-electron chi connectivity index (χ0n) is 10.3. The molecule has 0 bridgehead atoms. The number of hydrogen-bond donors (Lipinski definition) is 0. The van der Waals surface area contributed by atoms with Crippen molar-refractivity contribution in [2.24, 2.45) is 0 Å². The van der Waals surface area contributed by atoms with Crippen molar-refractivity contribution in [3.05, 3.63) is 52.5 Å².